The minimum absolute atomic E-state index is 0.00533. The number of carbonyl (C=O) groups is 1. The summed E-state index contributed by atoms with van der Waals surface area (Å²) in [5.74, 6) is 0.348. The molecule has 0 bridgehead atoms. The summed E-state index contributed by atoms with van der Waals surface area (Å²) in [4.78, 5) is 11.8. The molecule has 128 valence electrons. The quantitative estimate of drug-likeness (QED) is 0.831. The Morgan fingerprint density at radius 3 is 3.08 bits per heavy atom. The van der Waals surface area contributed by atoms with Gasteiger partial charge in [0.2, 0.25) is 5.91 Å². The van der Waals surface area contributed by atoms with Crippen LogP contribution in [0, 0.1) is 0 Å². The topological polar surface area (TPSA) is 73.6 Å². The van der Waals surface area contributed by atoms with Crippen LogP contribution in [0.5, 0.6) is 0 Å². The first-order valence-electron chi connectivity index (χ1n) is 7.89. The molecule has 0 spiro atoms. The number of rotatable bonds is 7. The zero-order valence-corrected chi connectivity index (χ0v) is 13.9. The minimum atomic E-state index is -0.205. The molecule has 2 heterocycles. The monoisotopic (exact) mass is 350 g/mol. The number of nitrogens with zero attached hydrogens (tertiary/aromatic N) is 1. The summed E-state index contributed by atoms with van der Waals surface area (Å²) in [5.41, 5.74) is 1.43. The van der Waals surface area contributed by atoms with Crippen molar-refractivity contribution in [3.63, 3.8) is 0 Å². The SMILES string of the molecule is O=C(COCC1CCCO1)NCc1cc(-c2ccccc2Cl)no1. The van der Waals surface area contributed by atoms with Gasteiger partial charge in [-0.15, -0.1) is 0 Å². The maximum Gasteiger partial charge on any atom is 0.246 e. The Kier molecular flexibility index (Phi) is 5.85. The van der Waals surface area contributed by atoms with Gasteiger partial charge in [0.05, 0.1) is 24.3 Å². The van der Waals surface area contributed by atoms with Gasteiger partial charge in [-0.05, 0) is 18.9 Å². The van der Waals surface area contributed by atoms with E-state index in [4.69, 9.17) is 25.6 Å². The molecule has 24 heavy (non-hydrogen) atoms. The van der Waals surface area contributed by atoms with Crippen molar-refractivity contribution in [2.24, 2.45) is 0 Å². The highest BCUT2D eigenvalue weighted by atomic mass is 35.5. The maximum atomic E-state index is 11.8. The average molecular weight is 351 g/mol. The second kappa shape index (κ2) is 8.28. The second-order valence-electron chi connectivity index (χ2n) is 5.59. The van der Waals surface area contributed by atoms with Gasteiger partial charge in [-0.1, -0.05) is 35.0 Å². The Labute approximate surface area is 145 Å². The van der Waals surface area contributed by atoms with Crippen LogP contribution in [0.2, 0.25) is 5.02 Å². The fraction of sp³-hybridized carbons (Fsp3) is 0.412. The molecule has 3 rings (SSSR count). The second-order valence-corrected chi connectivity index (χ2v) is 5.99. The molecule has 1 aromatic heterocycles. The number of aromatic nitrogens is 1. The van der Waals surface area contributed by atoms with Gasteiger partial charge < -0.3 is 19.3 Å². The predicted octanol–water partition coefficient (Wildman–Crippen LogP) is 2.81. The first-order chi connectivity index (χ1) is 11.7. The van der Waals surface area contributed by atoms with Crippen molar-refractivity contribution in [2.45, 2.75) is 25.5 Å². The Balaban J connectivity index is 1.43. The van der Waals surface area contributed by atoms with E-state index >= 15 is 0 Å². The zero-order chi connectivity index (χ0) is 16.8. The lowest BCUT2D eigenvalue weighted by Crippen LogP contribution is -2.28. The molecule has 1 amide bonds. The molecule has 1 saturated heterocycles. The molecule has 2 aromatic rings. The van der Waals surface area contributed by atoms with Gasteiger partial charge in [-0.2, -0.15) is 0 Å². The molecule has 1 aliphatic rings. The van der Waals surface area contributed by atoms with E-state index in [-0.39, 0.29) is 25.2 Å². The molecule has 1 N–H and O–H groups in total. The zero-order valence-electron chi connectivity index (χ0n) is 13.2. The molecular formula is C17H19ClN2O4. The Morgan fingerprint density at radius 2 is 2.29 bits per heavy atom. The van der Waals surface area contributed by atoms with Crippen molar-refractivity contribution in [2.75, 3.05) is 19.8 Å². The number of hydrogen-bond donors (Lipinski definition) is 1. The van der Waals surface area contributed by atoms with E-state index in [1.165, 1.54) is 0 Å². The molecule has 1 fully saturated rings. The lowest BCUT2D eigenvalue weighted by atomic mass is 10.1. The summed E-state index contributed by atoms with van der Waals surface area (Å²) < 4.78 is 16.0. The summed E-state index contributed by atoms with van der Waals surface area (Å²) in [6.07, 6.45) is 2.16. The van der Waals surface area contributed by atoms with Gasteiger partial charge in [0.15, 0.2) is 5.76 Å². The van der Waals surface area contributed by atoms with E-state index in [1.54, 1.807) is 12.1 Å². The van der Waals surface area contributed by atoms with Gasteiger partial charge >= 0.3 is 0 Å². The van der Waals surface area contributed by atoms with E-state index in [2.05, 4.69) is 10.5 Å². The van der Waals surface area contributed by atoms with E-state index in [0.29, 0.717) is 23.1 Å². The van der Waals surface area contributed by atoms with Crippen molar-refractivity contribution in [1.29, 1.82) is 0 Å². The van der Waals surface area contributed by atoms with Crippen molar-refractivity contribution >= 4 is 17.5 Å². The molecule has 1 aromatic carbocycles. The largest absolute Gasteiger partial charge is 0.376 e. The number of benzene rings is 1. The van der Waals surface area contributed by atoms with E-state index in [0.717, 1.165) is 25.0 Å². The van der Waals surface area contributed by atoms with Crippen LogP contribution < -0.4 is 5.32 Å². The van der Waals surface area contributed by atoms with Crippen LogP contribution in [0.1, 0.15) is 18.6 Å². The van der Waals surface area contributed by atoms with Gasteiger partial charge in [-0.3, -0.25) is 4.79 Å². The number of carbonyl (C=O) groups excluding carboxylic acids is 1. The third-order valence-corrected chi connectivity index (χ3v) is 4.06. The van der Waals surface area contributed by atoms with Crippen molar-refractivity contribution in [3.8, 4) is 11.3 Å². The minimum Gasteiger partial charge on any atom is -0.376 e. The number of hydrogen-bond acceptors (Lipinski definition) is 5. The summed E-state index contributed by atoms with van der Waals surface area (Å²) in [6.45, 7) is 1.48. The number of halogens is 1. The van der Waals surface area contributed by atoms with Crippen LogP contribution in [0.3, 0.4) is 0 Å². The molecule has 1 atom stereocenters. The molecule has 0 aliphatic carbocycles. The van der Waals surface area contributed by atoms with Gasteiger partial charge in [0.1, 0.15) is 12.3 Å². The highest BCUT2D eigenvalue weighted by molar-refractivity contribution is 6.33. The van der Waals surface area contributed by atoms with Crippen molar-refractivity contribution < 1.29 is 18.8 Å². The average Bonchev–Trinajstić information content (AvgIpc) is 3.25. The summed E-state index contributed by atoms with van der Waals surface area (Å²) >= 11 is 6.13. The maximum absolute atomic E-state index is 11.8. The number of amides is 1. The summed E-state index contributed by atoms with van der Waals surface area (Å²) in [6, 6.07) is 9.14. The Hall–Kier alpha value is -1.89. The smallest absolute Gasteiger partial charge is 0.246 e. The fourth-order valence-corrected chi connectivity index (χ4v) is 2.72. The molecule has 1 unspecified atom stereocenters. The first-order valence-corrected chi connectivity index (χ1v) is 8.26. The lowest BCUT2D eigenvalue weighted by molar-refractivity contribution is -0.127. The third-order valence-electron chi connectivity index (χ3n) is 3.73. The molecule has 7 heteroatoms. The van der Waals surface area contributed by atoms with Gasteiger partial charge in [0, 0.05) is 18.2 Å². The first kappa shape index (κ1) is 17.0. The van der Waals surface area contributed by atoms with Crippen LogP contribution in [0.25, 0.3) is 11.3 Å². The summed E-state index contributed by atoms with van der Waals surface area (Å²) in [7, 11) is 0. The van der Waals surface area contributed by atoms with Gasteiger partial charge in [0.25, 0.3) is 0 Å². The highest BCUT2D eigenvalue weighted by Crippen LogP contribution is 2.26. The van der Waals surface area contributed by atoms with Crippen LogP contribution in [0.15, 0.2) is 34.9 Å². The molecule has 1 aliphatic heterocycles. The third kappa shape index (κ3) is 4.56. The van der Waals surface area contributed by atoms with Crippen molar-refractivity contribution in [1.82, 2.24) is 10.5 Å². The van der Waals surface area contributed by atoms with E-state index in [1.807, 2.05) is 18.2 Å². The van der Waals surface area contributed by atoms with Crippen LogP contribution in [0.4, 0.5) is 0 Å². The van der Waals surface area contributed by atoms with E-state index < -0.39 is 0 Å². The molecule has 0 radical (unpaired) electrons. The normalized spacial score (nSPS) is 17.1. The fourth-order valence-electron chi connectivity index (χ4n) is 2.49. The number of ether oxygens (including phenoxy) is 2. The standard InChI is InChI=1S/C17H19ClN2O4/c18-15-6-2-1-5-14(15)16-8-13(24-20-16)9-19-17(21)11-22-10-12-4-3-7-23-12/h1-2,5-6,8,12H,3-4,7,9-11H2,(H,19,21). The summed E-state index contributed by atoms with van der Waals surface area (Å²) in [5, 5.41) is 7.31. The van der Waals surface area contributed by atoms with Crippen LogP contribution in [-0.4, -0.2) is 37.0 Å². The number of nitrogens with one attached hydrogen (secondary N) is 1. The van der Waals surface area contributed by atoms with Crippen LogP contribution in [-0.2, 0) is 20.8 Å². The lowest BCUT2D eigenvalue weighted by Gasteiger charge is -2.09. The van der Waals surface area contributed by atoms with Crippen LogP contribution >= 0.6 is 11.6 Å². The van der Waals surface area contributed by atoms with E-state index in [9.17, 15) is 4.79 Å². The Morgan fingerprint density at radius 1 is 1.42 bits per heavy atom. The van der Waals surface area contributed by atoms with Gasteiger partial charge in [-0.25, -0.2) is 0 Å². The molecule has 6 nitrogen and oxygen atoms in total. The molecular weight excluding hydrogens is 332 g/mol. The molecule has 0 saturated carbocycles. The highest BCUT2D eigenvalue weighted by Gasteiger charge is 2.16. The Bertz CT molecular complexity index is 683. The van der Waals surface area contributed by atoms with Crippen molar-refractivity contribution in [3.05, 3.63) is 41.1 Å². The predicted molar refractivity (Wildman–Crippen MR) is 88.6 cm³/mol.